The van der Waals surface area contributed by atoms with Gasteiger partial charge in [0.25, 0.3) is 0 Å². The molecule has 0 radical (unpaired) electrons. The summed E-state index contributed by atoms with van der Waals surface area (Å²) in [6.07, 6.45) is -1.32. The first-order valence-electron chi connectivity index (χ1n) is 5.73. The zero-order chi connectivity index (χ0) is 13.5. The Morgan fingerprint density at radius 2 is 1.94 bits per heavy atom. The van der Waals surface area contributed by atoms with Gasteiger partial charge < -0.3 is 15.2 Å². The van der Waals surface area contributed by atoms with E-state index in [1.807, 2.05) is 13.8 Å². The number of hydrogen-bond acceptors (Lipinski definition) is 5. The molecule has 0 aliphatic heterocycles. The van der Waals surface area contributed by atoms with Crippen LogP contribution in [0.4, 0.5) is 4.79 Å². The maximum atomic E-state index is 11.2. The van der Waals surface area contributed by atoms with Crippen molar-refractivity contribution in [3.8, 4) is 0 Å². The number of carbonyl (C=O) groups excluding carboxylic acids is 1. The van der Waals surface area contributed by atoms with Crippen molar-refractivity contribution in [1.82, 2.24) is 10.8 Å². The Morgan fingerprint density at radius 1 is 1.35 bits per heavy atom. The normalized spacial score (nSPS) is 13.6. The molecular formula is C11H24N2O4. The number of amides is 1. The van der Waals surface area contributed by atoms with Crippen molar-refractivity contribution in [1.29, 1.82) is 0 Å². The van der Waals surface area contributed by atoms with E-state index in [-0.39, 0.29) is 19.2 Å². The number of alkyl carbamates (subject to hydrolysis) is 1. The SMILES string of the molecule is CC(C)NOCC(O)CNC(=O)OC(C)(C)C. The number of carbonyl (C=O) groups is 1. The van der Waals surface area contributed by atoms with Crippen LogP contribution in [0, 0.1) is 0 Å². The van der Waals surface area contributed by atoms with Crippen molar-refractivity contribution in [2.75, 3.05) is 13.2 Å². The van der Waals surface area contributed by atoms with E-state index in [1.54, 1.807) is 20.8 Å². The minimum Gasteiger partial charge on any atom is -0.444 e. The molecule has 0 aromatic heterocycles. The number of ether oxygens (including phenoxy) is 1. The Hall–Kier alpha value is -0.850. The third-order valence-corrected chi connectivity index (χ3v) is 1.48. The first kappa shape index (κ1) is 16.1. The van der Waals surface area contributed by atoms with Crippen LogP contribution >= 0.6 is 0 Å². The van der Waals surface area contributed by atoms with Gasteiger partial charge in [0.2, 0.25) is 0 Å². The van der Waals surface area contributed by atoms with Gasteiger partial charge in [0.15, 0.2) is 0 Å². The highest BCUT2D eigenvalue weighted by molar-refractivity contribution is 5.67. The fraction of sp³-hybridized carbons (Fsp3) is 0.909. The summed E-state index contributed by atoms with van der Waals surface area (Å²) < 4.78 is 5.01. The molecule has 1 unspecified atom stereocenters. The van der Waals surface area contributed by atoms with Gasteiger partial charge in [-0.25, -0.2) is 4.79 Å². The maximum absolute atomic E-state index is 11.2. The van der Waals surface area contributed by atoms with Gasteiger partial charge in [-0.05, 0) is 34.6 Å². The summed E-state index contributed by atoms with van der Waals surface area (Å²) in [6.45, 7) is 9.37. The van der Waals surface area contributed by atoms with Gasteiger partial charge in [-0.15, -0.1) is 0 Å². The minimum atomic E-state index is -0.770. The van der Waals surface area contributed by atoms with Crippen LogP contribution in [0.15, 0.2) is 0 Å². The van der Waals surface area contributed by atoms with Crippen molar-refractivity contribution >= 4 is 6.09 Å². The van der Waals surface area contributed by atoms with E-state index in [0.717, 1.165) is 0 Å². The third kappa shape index (κ3) is 11.4. The Bertz CT molecular complexity index is 226. The predicted molar refractivity (Wildman–Crippen MR) is 64.5 cm³/mol. The molecule has 0 aromatic carbocycles. The second-order valence-electron chi connectivity index (χ2n) is 5.12. The summed E-state index contributed by atoms with van der Waals surface area (Å²) in [6, 6.07) is 0.181. The van der Waals surface area contributed by atoms with E-state index in [0.29, 0.717) is 0 Å². The van der Waals surface area contributed by atoms with Gasteiger partial charge in [-0.1, -0.05) is 0 Å². The van der Waals surface area contributed by atoms with Crippen molar-refractivity contribution in [3.05, 3.63) is 0 Å². The summed E-state index contributed by atoms with van der Waals surface area (Å²) in [5, 5.41) is 11.9. The van der Waals surface area contributed by atoms with Crippen LogP contribution in [-0.2, 0) is 9.57 Å². The van der Waals surface area contributed by atoms with E-state index in [2.05, 4.69) is 10.8 Å². The van der Waals surface area contributed by atoms with Crippen LogP contribution < -0.4 is 10.8 Å². The average Bonchev–Trinajstić information content (AvgIpc) is 2.11. The Kier molecular flexibility index (Phi) is 7.10. The summed E-state index contributed by atoms with van der Waals surface area (Å²) in [7, 11) is 0. The molecule has 0 spiro atoms. The zero-order valence-corrected chi connectivity index (χ0v) is 11.2. The molecule has 1 atom stereocenters. The fourth-order valence-corrected chi connectivity index (χ4v) is 0.885. The minimum absolute atomic E-state index is 0.0920. The number of hydrogen-bond donors (Lipinski definition) is 3. The van der Waals surface area contributed by atoms with Crippen molar-refractivity contribution in [2.45, 2.75) is 52.4 Å². The molecule has 0 bridgehead atoms. The van der Waals surface area contributed by atoms with Crippen LogP contribution in [0.25, 0.3) is 0 Å². The van der Waals surface area contributed by atoms with Crippen molar-refractivity contribution < 1.29 is 19.5 Å². The first-order chi connectivity index (χ1) is 7.70. The number of aliphatic hydroxyl groups is 1. The molecule has 0 fully saturated rings. The smallest absolute Gasteiger partial charge is 0.407 e. The van der Waals surface area contributed by atoms with Crippen molar-refractivity contribution in [2.24, 2.45) is 0 Å². The van der Waals surface area contributed by atoms with Crippen LogP contribution in [0.1, 0.15) is 34.6 Å². The number of nitrogens with one attached hydrogen (secondary N) is 2. The third-order valence-electron chi connectivity index (χ3n) is 1.48. The van der Waals surface area contributed by atoms with Crippen LogP contribution in [-0.4, -0.2) is 42.1 Å². The molecular weight excluding hydrogens is 224 g/mol. The molecule has 0 aromatic rings. The van der Waals surface area contributed by atoms with Crippen LogP contribution in [0.2, 0.25) is 0 Å². The molecule has 3 N–H and O–H groups in total. The Balaban J connectivity index is 3.62. The average molecular weight is 248 g/mol. The second kappa shape index (κ2) is 7.47. The number of hydroxylamine groups is 1. The van der Waals surface area contributed by atoms with Gasteiger partial charge in [0.05, 0.1) is 12.7 Å². The molecule has 6 nitrogen and oxygen atoms in total. The maximum Gasteiger partial charge on any atom is 0.407 e. The van der Waals surface area contributed by atoms with Gasteiger partial charge in [-0.2, -0.15) is 5.48 Å². The summed E-state index contributed by atoms with van der Waals surface area (Å²) >= 11 is 0. The lowest BCUT2D eigenvalue weighted by Gasteiger charge is -2.20. The predicted octanol–water partition coefficient (Wildman–Crippen LogP) is 0.802. The Morgan fingerprint density at radius 3 is 2.41 bits per heavy atom. The highest BCUT2D eigenvalue weighted by Gasteiger charge is 2.16. The summed E-state index contributed by atoms with van der Waals surface area (Å²) in [5.41, 5.74) is 2.16. The monoisotopic (exact) mass is 248 g/mol. The van der Waals surface area contributed by atoms with E-state index < -0.39 is 17.8 Å². The molecule has 0 aliphatic rings. The molecule has 102 valence electrons. The summed E-state index contributed by atoms with van der Waals surface area (Å²) in [4.78, 5) is 16.2. The van der Waals surface area contributed by atoms with Crippen LogP contribution in [0.5, 0.6) is 0 Å². The number of rotatable bonds is 6. The molecule has 0 saturated heterocycles. The fourth-order valence-electron chi connectivity index (χ4n) is 0.885. The van der Waals surface area contributed by atoms with Gasteiger partial charge in [0.1, 0.15) is 5.60 Å². The second-order valence-corrected chi connectivity index (χ2v) is 5.12. The van der Waals surface area contributed by atoms with Gasteiger partial charge in [0, 0.05) is 12.6 Å². The first-order valence-corrected chi connectivity index (χ1v) is 5.73. The summed E-state index contributed by atoms with van der Waals surface area (Å²) in [5.74, 6) is 0. The quantitative estimate of drug-likeness (QED) is 0.606. The van der Waals surface area contributed by atoms with Crippen LogP contribution in [0.3, 0.4) is 0 Å². The zero-order valence-electron chi connectivity index (χ0n) is 11.2. The highest BCUT2D eigenvalue weighted by Crippen LogP contribution is 2.06. The molecule has 6 heteroatoms. The highest BCUT2D eigenvalue weighted by atomic mass is 16.6. The van der Waals surface area contributed by atoms with Gasteiger partial charge >= 0.3 is 6.09 Å². The molecule has 1 amide bonds. The lowest BCUT2D eigenvalue weighted by Crippen LogP contribution is -2.39. The molecule has 0 heterocycles. The number of aliphatic hydroxyl groups excluding tert-OH is 1. The van der Waals surface area contributed by atoms with E-state index >= 15 is 0 Å². The van der Waals surface area contributed by atoms with Crippen molar-refractivity contribution in [3.63, 3.8) is 0 Å². The van der Waals surface area contributed by atoms with E-state index in [9.17, 15) is 9.90 Å². The lowest BCUT2D eigenvalue weighted by molar-refractivity contribution is -0.0300. The van der Waals surface area contributed by atoms with E-state index in [1.165, 1.54) is 0 Å². The molecule has 0 aliphatic carbocycles. The largest absolute Gasteiger partial charge is 0.444 e. The molecule has 0 saturated carbocycles. The Labute approximate surface area is 103 Å². The van der Waals surface area contributed by atoms with Gasteiger partial charge in [-0.3, -0.25) is 4.84 Å². The topological polar surface area (TPSA) is 79.8 Å². The lowest BCUT2D eigenvalue weighted by atomic mass is 10.2. The van der Waals surface area contributed by atoms with E-state index in [4.69, 9.17) is 9.57 Å². The molecule has 0 rings (SSSR count). The standard InChI is InChI=1S/C11H24N2O4/c1-8(2)13-16-7-9(14)6-12-10(15)17-11(3,4)5/h8-9,13-14H,6-7H2,1-5H3,(H,12,15). The molecule has 17 heavy (non-hydrogen) atoms.